The van der Waals surface area contributed by atoms with Crippen LogP contribution in [0.4, 0.5) is 0 Å². The fraction of sp³-hybridized carbons (Fsp3) is 0.259. The zero-order valence-corrected chi connectivity index (χ0v) is 21.1. The zero-order valence-electron chi connectivity index (χ0n) is 18.8. The number of carbonyl (C=O) groups excluding carboxylic acids is 2. The van der Waals surface area contributed by atoms with Crippen molar-refractivity contribution in [2.45, 2.75) is 45.3 Å². The monoisotopic (exact) mass is 526 g/mol. The summed E-state index contributed by atoms with van der Waals surface area (Å²) in [5.74, 6) is -0.268. The molecule has 0 saturated carbocycles. The molecule has 0 aliphatic heterocycles. The Kier molecular flexibility index (Phi) is 9.10. The van der Waals surface area contributed by atoms with E-state index in [4.69, 9.17) is 11.6 Å². The van der Waals surface area contributed by atoms with Gasteiger partial charge in [-0.2, -0.15) is 0 Å². The van der Waals surface area contributed by atoms with E-state index in [0.29, 0.717) is 18.0 Å². The highest BCUT2D eigenvalue weighted by Crippen LogP contribution is 2.19. The summed E-state index contributed by atoms with van der Waals surface area (Å²) < 4.78 is 0.962. The largest absolute Gasteiger partial charge is 0.352 e. The standard InChI is InChI=1S/C27H28BrClN2O2/c1-19(2)30-27(33)25(16-20-6-4-3-5-7-20)31(18-22-8-12-23(28)13-9-22)26(32)17-21-10-14-24(29)15-11-21/h3-15,19,25H,16-18H2,1-2H3,(H,30,33)/t25-/m0/s1. The maximum Gasteiger partial charge on any atom is 0.243 e. The first-order valence-electron chi connectivity index (χ1n) is 10.9. The molecule has 0 fully saturated rings. The fourth-order valence-electron chi connectivity index (χ4n) is 3.60. The van der Waals surface area contributed by atoms with Gasteiger partial charge in [-0.1, -0.05) is 82.1 Å². The van der Waals surface area contributed by atoms with Gasteiger partial charge in [-0.05, 0) is 54.8 Å². The summed E-state index contributed by atoms with van der Waals surface area (Å²) in [4.78, 5) is 28.6. The Morgan fingerprint density at radius 3 is 2.09 bits per heavy atom. The number of rotatable bonds is 9. The van der Waals surface area contributed by atoms with Crippen LogP contribution in [-0.2, 0) is 29.0 Å². The third-order valence-electron chi connectivity index (χ3n) is 5.24. The first kappa shape index (κ1) is 25.0. The van der Waals surface area contributed by atoms with Crippen LogP contribution in [0, 0.1) is 0 Å². The van der Waals surface area contributed by atoms with E-state index < -0.39 is 6.04 Å². The molecule has 2 amide bonds. The molecule has 0 radical (unpaired) electrons. The Bertz CT molecular complexity index is 1050. The Balaban J connectivity index is 1.95. The van der Waals surface area contributed by atoms with Crippen molar-refractivity contribution in [2.24, 2.45) is 0 Å². The predicted molar refractivity (Wildman–Crippen MR) is 137 cm³/mol. The van der Waals surface area contributed by atoms with Gasteiger partial charge in [0, 0.05) is 28.5 Å². The SMILES string of the molecule is CC(C)NC(=O)[C@H](Cc1ccccc1)N(Cc1ccc(Br)cc1)C(=O)Cc1ccc(Cl)cc1. The molecule has 1 atom stereocenters. The van der Waals surface area contributed by atoms with Crippen LogP contribution in [0.3, 0.4) is 0 Å². The molecule has 33 heavy (non-hydrogen) atoms. The minimum atomic E-state index is -0.641. The van der Waals surface area contributed by atoms with Gasteiger partial charge < -0.3 is 10.2 Å². The number of amides is 2. The molecule has 4 nitrogen and oxygen atoms in total. The van der Waals surface area contributed by atoms with E-state index in [1.54, 1.807) is 17.0 Å². The van der Waals surface area contributed by atoms with Gasteiger partial charge in [-0.15, -0.1) is 0 Å². The highest BCUT2D eigenvalue weighted by Gasteiger charge is 2.30. The third kappa shape index (κ3) is 7.72. The minimum Gasteiger partial charge on any atom is -0.352 e. The van der Waals surface area contributed by atoms with Crippen LogP contribution in [0.1, 0.15) is 30.5 Å². The Hall–Kier alpha value is -2.63. The second kappa shape index (κ2) is 12.0. The lowest BCUT2D eigenvalue weighted by molar-refractivity contribution is -0.141. The lowest BCUT2D eigenvalue weighted by Crippen LogP contribution is -2.52. The van der Waals surface area contributed by atoms with Crippen molar-refractivity contribution in [3.63, 3.8) is 0 Å². The molecule has 0 heterocycles. The smallest absolute Gasteiger partial charge is 0.243 e. The molecule has 0 aliphatic carbocycles. The Labute approximate surface area is 209 Å². The average Bonchev–Trinajstić information content (AvgIpc) is 2.79. The van der Waals surface area contributed by atoms with Gasteiger partial charge in [-0.25, -0.2) is 0 Å². The van der Waals surface area contributed by atoms with Crippen molar-refractivity contribution >= 4 is 39.3 Å². The minimum absolute atomic E-state index is 0.0309. The molecule has 0 saturated heterocycles. The van der Waals surface area contributed by atoms with Crippen LogP contribution in [-0.4, -0.2) is 28.8 Å². The van der Waals surface area contributed by atoms with Crippen molar-refractivity contribution in [1.29, 1.82) is 0 Å². The molecule has 3 aromatic rings. The maximum absolute atomic E-state index is 13.6. The topological polar surface area (TPSA) is 49.4 Å². The van der Waals surface area contributed by atoms with Crippen LogP contribution >= 0.6 is 27.5 Å². The molecule has 0 unspecified atom stereocenters. The number of benzene rings is 3. The summed E-state index contributed by atoms with van der Waals surface area (Å²) in [6.45, 7) is 4.18. The first-order valence-corrected chi connectivity index (χ1v) is 12.1. The first-order chi connectivity index (χ1) is 15.8. The molecule has 3 rings (SSSR count). The molecule has 172 valence electrons. The lowest BCUT2D eigenvalue weighted by Gasteiger charge is -2.32. The molecular formula is C27H28BrClN2O2. The number of hydrogen-bond acceptors (Lipinski definition) is 2. The summed E-state index contributed by atoms with van der Waals surface area (Å²) in [7, 11) is 0. The highest BCUT2D eigenvalue weighted by atomic mass is 79.9. The fourth-order valence-corrected chi connectivity index (χ4v) is 3.99. The molecule has 0 bridgehead atoms. The summed E-state index contributed by atoms with van der Waals surface area (Å²) in [5.41, 5.74) is 2.81. The van der Waals surface area contributed by atoms with Gasteiger partial charge in [0.15, 0.2) is 0 Å². The maximum atomic E-state index is 13.6. The number of carbonyl (C=O) groups is 2. The van der Waals surface area contributed by atoms with E-state index in [9.17, 15) is 9.59 Å². The number of nitrogens with zero attached hydrogens (tertiary/aromatic N) is 1. The van der Waals surface area contributed by atoms with Crippen LogP contribution in [0.5, 0.6) is 0 Å². The van der Waals surface area contributed by atoms with Crippen molar-refractivity contribution in [2.75, 3.05) is 0 Å². The van der Waals surface area contributed by atoms with Gasteiger partial charge in [0.25, 0.3) is 0 Å². The van der Waals surface area contributed by atoms with Crippen LogP contribution in [0.2, 0.25) is 5.02 Å². The summed E-state index contributed by atoms with van der Waals surface area (Å²) in [6, 6.07) is 24.2. The second-order valence-electron chi connectivity index (χ2n) is 8.32. The van der Waals surface area contributed by atoms with Crippen molar-refractivity contribution in [3.8, 4) is 0 Å². The quantitative estimate of drug-likeness (QED) is 0.382. The van der Waals surface area contributed by atoms with Crippen molar-refractivity contribution in [1.82, 2.24) is 10.2 Å². The zero-order chi connectivity index (χ0) is 23.8. The van der Waals surface area contributed by atoms with Crippen molar-refractivity contribution in [3.05, 3.63) is 105 Å². The van der Waals surface area contributed by atoms with E-state index in [0.717, 1.165) is 21.2 Å². The van der Waals surface area contributed by atoms with Gasteiger partial charge in [0.1, 0.15) is 6.04 Å². The van der Waals surface area contributed by atoms with E-state index in [2.05, 4.69) is 21.2 Å². The van der Waals surface area contributed by atoms with Crippen LogP contribution < -0.4 is 5.32 Å². The molecule has 1 N–H and O–H groups in total. The van der Waals surface area contributed by atoms with Gasteiger partial charge in [0.05, 0.1) is 6.42 Å². The summed E-state index contributed by atoms with van der Waals surface area (Å²) >= 11 is 9.47. The number of nitrogens with one attached hydrogen (secondary N) is 1. The molecule has 0 aliphatic rings. The predicted octanol–water partition coefficient (Wildman–Crippen LogP) is 5.81. The second-order valence-corrected chi connectivity index (χ2v) is 9.67. The summed E-state index contributed by atoms with van der Waals surface area (Å²) in [5, 5.41) is 3.63. The van der Waals surface area contributed by atoms with E-state index in [-0.39, 0.29) is 24.3 Å². The summed E-state index contributed by atoms with van der Waals surface area (Å²) in [6.07, 6.45) is 0.621. The van der Waals surface area contributed by atoms with Gasteiger partial charge in [-0.3, -0.25) is 9.59 Å². The van der Waals surface area contributed by atoms with Gasteiger partial charge in [0.2, 0.25) is 11.8 Å². The Morgan fingerprint density at radius 2 is 1.48 bits per heavy atom. The van der Waals surface area contributed by atoms with E-state index in [1.807, 2.05) is 80.6 Å². The van der Waals surface area contributed by atoms with Crippen molar-refractivity contribution < 1.29 is 9.59 Å². The number of hydrogen-bond donors (Lipinski definition) is 1. The van der Waals surface area contributed by atoms with E-state index >= 15 is 0 Å². The highest BCUT2D eigenvalue weighted by molar-refractivity contribution is 9.10. The van der Waals surface area contributed by atoms with Gasteiger partial charge >= 0.3 is 0 Å². The molecule has 0 aromatic heterocycles. The number of halogens is 2. The van der Waals surface area contributed by atoms with Crippen LogP contribution in [0.25, 0.3) is 0 Å². The molecular weight excluding hydrogens is 500 g/mol. The average molecular weight is 528 g/mol. The molecule has 6 heteroatoms. The lowest BCUT2D eigenvalue weighted by atomic mass is 10.0. The van der Waals surface area contributed by atoms with E-state index in [1.165, 1.54) is 0 Å². The third-order valence-corrected chi connectivity index (χ3v) is 6.02. The van der Waals surface area contributed by atoms with Crippen LogP contribution in [0.15, 0.2) is 83.3 Å². The molecule has 0 spiro atoms. The normalized spacial score (nSPS) is 11.8. The molecule has 3 aromatic carbocycles. The Morgan fingerprint density at radius 1 is 0.879 bits per heavy atom.